The molecular weight excluding hydrogens is 354 g/mol. The van der Waals surface area contributed by atoms with Gasteiger partial charge in [-0.3, -0.25) is 9.20 Å². The van der Waals surface area contributed by atoms with Gasteiger partial charge >= 0.3 is 0 Å². The van der Waals surface area contributed by atoms with Gasteiger partial charge in [0.1, 0.15) is 22.8 Å². The summed E-state index contributed by atoms with van der Waals surface area (Å²) in [6.07, 6.45) is 2.33. The highest BCUT2D eigenvalue weighted by Gasteiger charge is 2.20. The van der Waals surface area contributed by atoms with Gasteiger partial charge in [-0.05, 0) is 35.9 Å². The topological polar surface area (TPSA) is 97.3 Å². The molecule has 0 saturated carbocycles. The van der Waals surface area contributed by atoms with Crippen LogP contribution in [0.3, 0.4) is 0 Å². The molecule has 0 aliphatic carbocycles. The van der Waals surface area contributed by atoms with Crippen molar-refractivity contribution < 1.29 is 9.30 Å². The lowest BCUT2D eigenvalue weighted by molar-refractivity contribution is -0.658. The molecule has 1 aromatic carbocycles. The number of nitrogens with zero attached hydrogens (tertiary/aromatic N) is 4. The van der Waals surface area contributed by atoms with Crippen molar-refractivity contribution in [3.63, 3.8) is 0 Å². The van der Waals surface area contributed by atoms with Crippen LogP contribution in [-0.4, -0.2) is 16.5 Å². The van der Waals surface area contributed by atoms with Crippen LogP contribution in [-0.2, 0) is 13.0 Å². The van der Waals surface area contributed by atoms with E-state index in [2.05, 4.69) is 11.1 Å². The van der Waals surface area contributed by atoms with E-state index in [0.717, 1.165) is 11.3 Å². The molecule has 0 radical (unpaired) electrons. The number of methoxy groups -OCH3 is 1. The van der Waals surface area contributed by atoms with E-state index in [0.29, 0.717) is 35.5 Å². The normalized spacial score (nSPS) is 10.9. The lowest BCUT2D eigenvalue weighted by atomic mass is 10.1. The maximum absolute atomic E-state index is 12.9. The fraction of sp³-hybridized carbons (Fsp3) is 0.143. The van der Waals surface area contributed by atoms with Gasteiger partial charge in [0.05, 0.1) is 13.7 Å². The van der Waals surface area contributed by atoms with Crippen LogP contribution < -0.4 is 20.6 Å². The smallest absolute Gasteiger partial charge is 0.278 e. The molecule has 138 valence electrons. The van der Waals surface area contributed by atoms with Gasteiger partial charge in [-0.2, -0.15) is 5.26 Å². The lowest BCUT2D eigenvalue weighted by Gasteiger charge is -2.10. The Morgan fingerprint density at radius 1 is 1.25 bits per heavy atom. The first-order valence-corrected chi connectivity index (χ1v) is 8.79. The molecule has 0 aliphatic heterocycles. The van der Waals surface area contributed by atoms with Crippen LogP contribution in [0.2, 0.25) is 0 Å². The number of rotatable bonds is 4. The van der Waals surface area contributed by atoms with Crippen molar-refractivity contribution in [2.45, 2.75) is 13.0 Å². The minimum Gasteiger partial charge on any atom is -0.497 e. The van der Waals surface area contributed by atoms with E-state index in [1.54, 1.807) is 30.0 Å². The quantitative estimate of drug-likeness (QED) is 0.435. The number of fused-ring (bicyclic) bond motifs is 2. The molecule has 0 amide bonds. The molecule has 4 aromatic rings. The van der Waals surface area contributed by atoms with Crippen molar-refractivity contribution in [3.8, 4) is 11.8 Å². The molecule has 7 nitrogen and oxygen atoms in total. The van der Waals surface area contributed by atoms with Crippen LogP contribution >= 0.6 is 0 Å². The standard InChI is InChI=1S/C21H17N5O2/c1-28-16-7-5-14(6-8-16)9-11-26-19(23)15(13-22)12-17-20(26)24-18-4-2-3-10-25(18)21(17)27/h2-8,10,12,23H,9,11H2,1H3/p+1. The summed E-state index contributed by atoms with van der Waals surface area (Å²) in [6.45, 7) is 0.486. The third-order valence-electron chi connectivity index (χ3n) is 4.76. The van der Waals surface area contributed by atoms with E-state index in [1.807, 2.05) is 30.3 Å². The van der Waals surface area contributed by atoms with Crippen molar-refractivity contribution >= 4 is 22.5 Å². The molecule has 0 saturated heterocycles. The second-order valence-corrected chi connectivity index (χ2v) is 6.39. The third kappa shape index (κ3) is 2.91. The number of ether oxygens (including phenoxy) is 1. The van der Waals surface area contributed by atoms with Gasteiger partial charge in [-0.25, -0.2) is 4.57 Å². The number of nitrogens with two attached hydrogens (primary N) is 1. The van der Waals surface area contributed by atoms with Crippen LogP contribution in [0.25, 0.3) is 16.7 Å². The van der Waals surface area contributed by atoms with E-state index >= 15 is 0 Å². The Balaban J connectivity index is 1.86. The summed E-state index contributed by atoms with van der Waals surface area (Å²) in [6, 6.07) is 16.7. The molecule has 0 bridgehead atoms. The molecule has 7 heteroatoms. The first-order chi connectivity index (χ1) is 13.6. The van der Waals surface area contributed by atoms with Gasteiger partial charge < -0.3 is 10.5 Å². The van der Waals surface area contributed by atoms with Gasteiger partial charge in [0.2, 0.25) is 11.5 Å². The van der Waals surface area contributed by atoms with E-state index in [-0.39, 0.29) is 11.1 Å². The summed E-state index contributed by atoms with van der Waals surface area (Å²) in [5.74, 6) is 1.09. The number of pyridine rings is 2. The lowest BCUT2D eigenvalue weighted by Crippen LogP contribution is -2.42. The molecule has 0 aliphatic rings. The van der Waals surface area contributed by atoms with Crippen LogP contribution in [0.4, 0.5) is 5.82 Å². The van der Waals surface area contributed by atoms with Crippen LogP contribution in [0.15, 0.2) is 59.5 Å². The number of hydrogen-bond donors (Lipinski definition) is 1. The number of nitrogen functional groups attached to an aromatic ring is 1. The third-order valence-corrected chi connectivity index (χ3v) is 4.76. The van der Waals surface area contributed by atoms with E-state index in [1.165, 1.54) is 10.5 Å². The molecule has 4 rings (SSSR count). The molecular formula is C21H18N5O2+. The zero-order valence-electron chi connectivity index (χ0n) is 15.3. The van der Waals surface area contributed by atoms with Crippen molar-refractivity contribution in [2.75, 3.05) is 12.8 Å². The number of aryl methyl sites for hydroxylation is 2. The Labute approximate surface area is 160 Å². The number of aromatic nitrogens is 3. The van der Waals surface area contributed by atoms with Crippen molar-refractivity contribution in [1.29, 1.82) is 5.26 Å². The van der Waals surface area contributed by atoms with Gasteiger partial charge in [-0.1, -0.05) is 23.2 Å². The Kier molecular flexibility index (Phi) is 4.38. The van der Waals surface area contributed by atoms with Crippen LogP contribution in [0.5, 0.6) is 5.75 Å². The summed E-state index contributed by atoms with van der Waals surface area (Å²) >= 11 is 0. The highest BCUT2D eigenvalue weighted by Crippen LogP contribution is 2.15. The number of hydrogen-bond acceptors (Lipinski definition) is 5. The first kappa shape index (κ1) is 17.5. The molecule has 28 heavy (non-hydrogen) atoms. The zero-order chi connectivity index (χ0) is 19.7. The summed E-state index contributed by atoms with van der Waals surface area (Å²) in [5, 5.41) is 9.83. The zero-order valence-corrected chi connectivity index (χ0v) is 15.3. The van der Waals surface area contributed by atoms with Crippen molar-refractivity contribution in [3.05, 3.63) is 76.2 Å². The SMILES string of the molecule is COc1ccc(CC[n+]2c(N)c(C#N)cc3c(=O)n4ccccc4nc32)cc1. The summed E-state index contributed by atoms with van der Waals surface area (Å²) in [7, 11) is 1.62. The van der Waals surface area contributed by atoms with Crippen LogP contribution in [0, 0.1) is 11.3 Å². The summed E-state index contributed by atoms with van der Waals surface area (Å²) < 4.78 is 8.39. The fourth-order valence-corrected chi connectivity index (χ4v) is 3.25. The fourth-order valence-electron chi connectivity index (χ4n) is 3.25. The maximum Gasteiger partial charge on any atom is 0.278 e. The van der Waals surface area contributed by atoms with E-state index in [4.69, 9.17) is 10.5 Å². The molecule has 0 unspecified atom stereocenters. The molecule has 2 N–H and O–H groups in total. The Bertz CT molecular complexity index is 1290. The van der Waals surface area contributed by atoms with Crippen LogP contribution in [0.1, 0.15) is 11.1 Å². The van der Waals surface area contributed by atoms with Gasteiger partial charge in [0.25, 0.3) is 11.2 Å². The second kappa shape index (κ2) is 7.00. The number of anilines is 1. The van der Waals surface area contributed by atoms with E-state index < -0.39 is 0 Å². The predicted molar refractivity (Wildman–Crippen MR) is 105 cm³/mol. The largest absolute Gasteiger partial charge is 0.497 e. The Morgan fingerprint density at radius 3 is 2.75 bits per heavy atom. The maximum atomic E-state index is 12.9. The van der Waals surface area contributed by atoms with Gasteiger partial charge in [0.15, 0.2) is 0 Å². The second-order valence-electron chi connectivity index (χ2n) is 6.39. The summed E-state index contributed by atoms with van der Waals surface area (Å²) in [5.41, 5.74) is 8.36. The number of nitriles is 1. The Hall–Kier alpha value is -3.92. The monoisotopic (exact) mass is 372 g/mol. The summed E-state index contributed by atoms with van der Waals surface area (Å²) in [4.78, 5) is 17.5. The number of benzene rings is 1. The predicted octanol–water partition coefficient (Wildman–Crippen LogP) is 1.84. The van der Waals surface area contributed by atoms with Gasteiger partial charge in [-0.15, -0.1) is 0 Å². The van der Waals surface area contributed by atoms with Crippen molar-refractivity contribution in [1.82, 2.24) is 9.38 Å². The molecule has 3 heterocycles. The molecule has 0 spiro atoms. The molecule has 3 aromatic heterocycles. The first-order valence-electron chi connectivity index (χ1n) is 8.79. The van der Waals surface area contributed by atoms with Crippen molar-refractivity contribution in [2.24, 2.45) is 0 Å². The van der Waals surface area contributed by atoms with E-state index in [9.17, 15) is 10.1 Å². The molecule has 0 atom stereocenters. The Morgan fingerprint density at radius 2 is 2.04 bits per heavy atom. The highest BCUT2D eigenvalue weighted by atomic mass is 16.5. The highest BCUT2D eigenvalue weighted by molar-refractivity contribution is 5.76. The average Bonchev–Trinajstić information content (AvgIpc) is 2.73. The molecule has 0 fully saturated rings. The average molecular weight is 372 g/mol. The minimum absolute atomic E-state index is 0.227. The minimum atomic E-state index is -0.227. The van der Waals surface area contributed by atoms with Gasteiger partial charge in [0, 0.05) is 12.6 Å².